The highest BCUT2D eigenvalue weighted by atomic mass is 32.1. The van der Waals surface area contributed by atoms with Crippen LogP contribution in [0.15, 0.2) is 48.5 Å². The smallest absolute Gasteiger partial charge is 0.186 e. The lowest BCUT2D eigenvalue weighted by Gasteiger charge is -2.34. The molecule has 1 fully saturated rings. The van der Waals surface area contributed by atoms with Gasteiger partial charge in [-0.2, -0.15) is 0 Å². The van der Waals surface area contributed by atoms with E-state index in [4.69, 9.17) is 20.2 Å². The summed E-state index contributed by atoms with van der Waals surface area (Å²) in [6, 6.07) is 16.2. The van der Waals surface area contributed by atoms with Crippen molar-refractivity contribution >= 4 is 26.7 Å². The number of nitrogens with two attached hydrogens (primary N) is 1. The summed E-state index contributed by atoms with van der Waals surface area (Å²) in [6.07, 6.45) is 3.06. The molecule has 1 aromatic heterocycles. The number of benzene rings is 2. The molecule has 28 heavy (non-hydrogen) atoms. The largest absolute Gasteiger partial charge is 0.493 e. The first-order valence-electron chi connectivity index (χ1n) is 9.86. The lowest BCUT2D eigenvalue weighted by atomic mass is 9.88. The number of aromatic nitrogens is 1. The van der Waals surface area contributed by atoms with Gasteiger partial charge >= 0.3 is 0 Å². The molecule has 148 valence electrons. The van der Waals surface area contributed by atoms with Gasteiger partial charge in [0.1, 0.15) is 0 Å². The zero-order valence-electron chi connectivity index (χ0n) is 16.2. The minimum atomic E-state index is 0.159. The second-order valence-corrected chi connectivity index (χ2v) is 8.25. The third-order valence-corrected chi connectivity index (χ3v) is 6.57. The van der Waals surface area contributed by atoms with Crippen molar-refractivity contribution in [2.24, 2.45) is 11.7 Å². The maximum Gasteiger partial charge on any atom is 0.186 e. The molecule has 6 heteroatoms. The molecule has 0 radical (unpaired) electrons. The van der Waals surface area contributed by atoms with Crippen LogP contribution in [0.1, 0.15) is 19.3 Å². The summed E-state index contributed by atoms with van der Waals surface area (Å²) in [5, 5.41) is 1.13. The predicted molar refractivity (Wildman–Crippen MR) is 116 cm³/mol. The number of fused-ring (bicyclic) bond motifs is 1. The molecular formula is C22H27N3O2S. The van der Waals surface area contributed by atoms with Crippen LogP contribution >= 0.6 is 11.3 Å². The van der Waals surface area contributed by atoms with E-state index in [2.05, 4.69) is 23.1 Å². The molecule has 4 rings (SSSR count). The number of piperidine rings is 1. The van der Waals surface area contributed by atoms with E-state index >= 15 is 0 Å². The van der Waals surface area contributed by atoms with Crippen molar-refractivity contribution in [1.82, 2.24) is 4.98 Å². The summed E-state index contributed by atoms with van der Waals surface area (Å²) in [5.41, 5.74) is 7.58. The fourth-order valence-electron chi connectivity index (χ4n) is 3.79. The molecule has 1 aliphatic rings. The van der Waals surface area contributed by atoms with E-state index in [-0.39, 0.29) is 6.04 Å². The van der Waals surface area contributed by atoms with Gasteiger partial charge in [-0.05, 0) is 49.4 Å². The van der Waals surface area contributed by atoms with E-state index in [9.17, 15) is 0 Å². The highest BCUT2D eigenvalue weighted by Crippen LogP contribution is 2.32. The van der Waals surface area contributed by atoms with Gasteiger partial charge in [0.25, 0.3) is 0 Å². The molecule has 0 aliphatic carbocycles. The third kappa shape index (κ3) is 4.23. The van der Waals surface area contributed by atoms with Gasteiger partial charge < -0.3 is 20.1 Å². The molecule has 0 saturated carbocycles. The zero-order valence-corrected chi connectivity index (χ0v) is 17.0. The van der Waals surface area contributed by atoms with Crippen LogP contribution in [0.4, 0.5) is 5.13 Å². The first kappa shape index (κ1) is 19.0. The van der Waals surface area contributed by atoms with Crippen molar-refractivity contribution in [3.8, 4) is 11.5 Å². The minimum Gasteiger partial charge on any atom is -0.493 e. The molecule has 0 amide bonds. The first-order chi connectivity index (χ1) is 13.7. The molecule has 2 N–H and O–H groups in total. The molecule has 1 saturated heterocycles. The van der Waals surface area contributed by atoms with E-state index in [0.29, 0.717) is 12.5 Å². The van der Waals surface area contributed by atoms with E-state index in [1.165, 1.54) is 4.70 Å². The molecule has 2 aromatic carbocycles. The Labute approximate surface area is 170 Å². The summed E-state index contributed by atoms with van der Waals surface area (Å²) >= 11 is 1.78. The maximum absolute atomic E-state index is 6.49. The van der Waals surface area contributed by atoms with Crippen LogP contribution in [0, 0.1) is 5.92 Å². The van der Waals surface area contributed by atoms with Gasteiger partial charge in [0.05, 0.1) is 23.9 Å². The van der Waals surface area contributed by atoms with Crippen molar-refractivity contribution in [3.05, 3.63) is 48.5 Å². The molecule has 2 heterocycles. The lowest BCUT2D eigenvalue weighted by Crippen LogP contribution is -2.41. The number of rotatable bonds is 7. The summed E-state index contributed by atoms with van der Waals surface area (Å²) in [6.45, 7) is 2.65. The van der Waals surface area contributed by atoms with Crippen LogP contribution in [0.2, 0.25) is 0 Å². The quantitative estimate of drug-likeness (QED) is 0.643. The molecule has 1 unspecified atom stereocenters. The number of hydrogen-bond donors (Lipinski definition) is 1. The normalized spacial score (nSPS) is 16.3. The van der Waals surface area contributed by atoms with E-state index in [0.717, 1.165) is 54.5 Å². The Morgan fingerprint density at radius 3 is 2.57 bits per heavy atom. The number of hydrogen-bond acceptors (Lipinski definition) is 6. The Morgan fingerprint density at radius 2 is 1.82 bits per heavy atom. The number of para-hydroxylation sites is 3. The van der Waals surface area contributed by atoms with Gasteiger partial charge in [0.15, 0.2) is 16.6 Å². The van der Waals surface area contributed by atoms with E-state index in [1.54, 1.807) is 18.4 Å². The standard InChI is InChI=1S/C22H27N3O2S/c1-26-19-7-3-4-8-20(19)27-15-12-17(23)16-10-13-25(14-11-16)22-24-18-6-2-5-9-21(18)28-22/h2-9,16-17H,10-15,23H2,1H3. The Kier molecular flexibility index (Phi) is 5.98. The molecular weight excluding hydrogens is 370 g/mol. The second-order valence-electron chi connectivity index (χ2n) is 7.24. The highest BCUT2D eigenvalue weighted by molar-refractivity contribution is 7.22. The van der Waals surface area contributed by atoms with Crippen molar-refractivity contribution in [2.45, 2.75) is 25.3 Å². The number of anilines is 1. The Hall–Kier alpha value is -2.31. The van der Waals surface area contributed by atoms with E-state index in [1.807, 2.05) is 30.3 Å². The van der Waals surface area contributed by atoms with Crippen molar-refractivity contribution < 1.29 is 9.47 Å². The van der Waals surface area contributed by atoms with Crippen LogP contribution in [-0.2, 0) is 0 Å². The number of thiazole rings is 1. The van der Waals surface area contributed by atoms with Crippen molar-refractivity contribution in [3.63, 3.8) is 0 Å². The molecule has 1 aliphatic heterocycles. The van der Waals surface area contributed by atoms with Gasteiger partial charge in [-0.1, -0.05) is 35.6 Å². The topological polar surface area (TPSA) is 60.6 Å². The Morgan fingerprint density at radius 1 is 1.11 bits per heavy atom. The molecule has 3 aromatic rings. The zero-order chi connectivity index (χ0) is 19.3. The lowest BCUT2D eigenvalue weighted by molar-refractivity contribution is 0.247. The fourth-order valence-corrected chi connectivity index (χ4v) is 4.81. The average Bonchev–Trinajstić information content (AvgIpc) is 3.18. The Bertz CT molecular complexity index is 872. The third-order valence-electron chi connectivity index (χ3n) is 5.48. The number of ether oxygens (including phenoxy) is 2. The first-order valence-corrected chi connectivity index (χ1v) is 10.7. The average molecular weight is 398 g/mol. The summed E-state index contributed by atoms with van der Waals surface area (Å²) < 4.78 is 12.5. The summed E-state index contributed by atoms with van der Waals surface area (Å²) in [5.74, 6) is 2.08. The van der Waals surface area contributed by atoms with Gasteiger partial charge in [0, 0.05) is 19.1 Å². The maximum atomic E-state index is 6.49. The molecule has 5 nitrogen and oxygen atoms in total. The SMILES string of the molecule is COc1ccccc1OCCC(N)C1CCN(c2nc3ccccc3s2)CC1. The molecule has 1 atom stereocenters. The van der Waals surface area contributed by atoms with Crippen LogP contribution in [0.3, 0.4) is 0 Å². The van der Waals surface area contributed by atoms with Crippen LogP contribution in [-0.4, -0.2) is 37.8 Å². The van der Waals surface area contributed by atoms with E-state index < -0.39 is 0 Å². The van der Waals surface area contributed by atoms with Gasteiger partial charge in [0.2, 0.25) is 0 Å². The summed E-state index contributed by atoms with van der Waals surface area (Å²) in [4.78, 5) is 7.19. The number of nitrogens with zero attached hydrogens (tertiary/aromatic N) is 2. The van der Waals surface area contributed by atoms with Crippen molar-refractivity contribution in [1.29, 1.82) is 0 Å². The molecule has 0 bridgehead atoms. The second kappa shape index (κ2) is 8.80. The summed E-state index contributed by atoms with van der Waals surface area (Å²) in [7, 11) is 1.66. The van der Waals surface area contributed by atoms with Crippen molar-refractivity contribution in [2.75, 3.05) is 31.7 Å². The van der Waals surface area contributed by atoms with Gasteiger partial charge in [-0.3, -0.25) is 0 Å². The van der Waals surface area contributed by atoms with Gasteiger partial charge in [-0.25, -0.2) is 4.98 Å². The monoisotopic (exact) mass is 397 g/mol. The predicted octanol–water partition coefficient (Wildman–Crippen LogP) is 4.32. The van der Waals surface area contributed by atoms with Crippen LogP contribution < -0.4 is 20.1 Å². The minimum absolute atomic E-state index is 0.159. The Balaban J connectivity index is 1.26. The van der Waals surface area contributed by atoms with Gasteiger partial charge in [-0.15, -0.1) is 0 Å². The van der Waals surface area contributed by atoms with Crippen LogP contribution in [0.25, 0.3) is 10.2 Å². The highest BCUT2D eigenvalue weighted by Gasteiger charge is 2.25. The van der Waals surface area contributed by atoms with Crippen LogP contribution in [0.5, 0.6) is 11.5 Å². The number of methoxy groups -OCH3 is 1. The fraction of sp³-hybridized carbons (Fsp3) is 0.409. The molecule has 0 spiro atoms.